The molecule has 9 heteroatoms. The zero-order chi connectivity index (χ0) is 33.8. The molecule has 1 fully saturated rings. The van der Waals surface area contributed by atoms with E-state index in [0.717, 1.165) is 69.4 Å². The molecule has 244 valence electrons. The van der Waals surface area contributed by atoms with E-state index in [2.05, 4.69) is 16.4 Å². The average Bonchev–Trinajstić information content (AvgIpc) is 3.10. The summed E-state index contributed by atoms with van der Waals surface area (Å²) < 4.78 is 20.7. The number of carboxylic acid groups (broad SMARTS) is 1. The van der Waals surface area contributed by atoms with Crippen molar-refractivity contribution in [2.75, 3.05) is 19.0 Å². The monoisotopic (exact) mass is 644 g/mol. The number of carboxylic acids is 1. The largest absolute Gasteiger partial charge is 0.496 e. The molecule has 2 aromatic heterocycles. The highest BCUT2D eigenvalue weighted by atomic mass is 19.1. The van der Waals surface area contributed by atoms with Gasteiger partial charge in [0.1, 0.15) is 23.1 Å². The minimum Gasteiger partial charge on any atom is -0.496 e. The normalized spacial score (nSPS) is 15.3. The van der Waals surface area contributed by atoms with Crippen LogP contribution in [0.25, 0.3) is 33.9 Å². The second-order valence-corrected chi connectivity index (χ2v) is 12.1. The minimum absolute atomic E-state index is 0.319. The number of halogens is 1. The Labute approximate surface area is 278 Å². The molecule has 48 heavy (non-hydrogen) atoms. The summed E-state index contributed by atoms with van der Waals surface area (Å²) >= 11 is 0. The lowest BCUT2D eigenvalue weighted by Crippen LogP contribution is -2.44. The highest BCUT2D eigenvalue weighted by Gasteiger charge is 2.28. The zero-order valence-corrected chi connectivity index (χ0v) is 27.2. The van der Waals surface area contributed by atoms with Crippen molar-refractivity contribution in [3.63, 3.8) is 0 Å². The lowest BCUT2D eigenvalue weighted by Gasteiger charge is -2.32. The Balaban J connectivity index is 1.27. The summed E-state index contributed by atoms with van der Waals surface area (Å²) in [6.07, 6.45) is 8.32. The lowest BCUT2D eigenvalue weighted by atomic mass is 9.92. The summed E-state index contributed by atoms with van der Waals surface area (Å²) in [4.78, 5) is 34.4. The molecule has 0 bridgehead atoms. The predicted octanol–water partition coefficient (Wildman–Crippen LogP) is 8.39. The Bertz CT molecular complexity index is 2040. The van der Waals surface area contributed by atoms with Gasteiger partial charge in [0.25, 0.3) is 0 Å². The van der Waals surface area contributed by atoms with Crippen LogP contribution in [0.15, 0.2) is 79.1 Å². The highest BCUT2D eigenvalue weighted by molar-refractivity contribution is 5.91. The Morgan fingerprint density at radius 2 is 1.81 bits per heavy atom. The molecule has 3 aromatic carbocycles. The number of aliphatic carboxylic acids is 1. The summed E-state index contributed by atoms with van der Waals surface area (Å²) in [5, 5.41) is 14.1. The van der Waals surface area contributed by atoms with Crippen LogP contribution in [0.5, 0.6) is 5.75 Å². The molecule has 0 unspecified atom stereocenters. The van der Waals surface area contributed by atoms with Gasteiger partial charge in [-0.1, -0.05) is 42.8 Å². The first kappa shape index (κ1) is 32.5. The van der Waals surface area contributed by atoms with Gasteiger partial charge in [-0.25, -0.2) is 9.37 Å². The molecule has 3 heterocycles. The number of ether oxygens (including phenoxy) is 1. The SMILES string of the molecule is COc1cc(/C(F)=C/c2cccc(-c3cccc(Nc4nccc5cc(CN6CCCC[C@H]6C(=O)O)cnc45)c3C)c2C)ccc1C=O. The number of carbonyl (C=O) groups is 2. The van der Waals surface area contributed by atoms with Crippen molar-refractivity contribution in [3.05, 3.63) is 113 Å². The molecule has 0 radical (unpaired) electrons. The summed E-state index contributed by atoms with van der Waals surface area (Å²) in [5.74, 6) is -0.273. The molecule has 0 amide bonds. The van der Waals surface area contributed by atoms with Crippen LogP contribution >= 0.6 is 0 Å². The van der Waals surface area contributed by atoms with E-state index in [4.69, 9.17) is 9.72 Å². The number of aromatic nitrogens is 2. The van der Waals surface area contributed by atoms with Crippen molar-refractivity contribution in [2.24, 2.45) is 0 Å². The van der Waals surface area contributed by atoms with Crippen molar-refractivity contribution >= 4 is 46.6 Å². The van der Waals surface area contributed by atoms with E-state index < -0.39 is 17.8 Å². The molecule has 0 spiro atoms. The van der Waals surface area contributed by atoms with Gasteiger partial charge < -0.3 is 15.2 Å². The van der Waals surface area contributed by atoms with Gasteiger partial charge in [0.2, 0.25) is 0 Å². The Morgan fingerprint density at radius 1 is 1.02 bits per heavy atom. The molecular formula is C39H37FN4O4. The first-order chi connectivity index (χ1) is 23.3. The second kappa shape index (κ2) is 14.1. The van der Waals surface area contributed by atoms with Gasteiger partial charge in [0.05, 0.1) is 12.7 Å². The molecule has 8 nitrogen and oxygen atoms in total. The van der Waals surface area contributed by atoms with E-state index in [1.807, 2.05) is 61.2 Å². The van der Waals surface area contributed by atoms with Gasteiger partial charge in [-0.05, 0) is 103 Å². The van der Waals surface area contributed by atoms with E-state index in [0.29, 0.717) is 41.9 Å². The molecule has 0 saturated carbocycles. The number of rotatable bonds is 10. The summed E-state index contributed by atoms with van der Waals surface area (Å²) in [6, 6.07) is 20.0. The molecular weight excluding hydrogens is 607 g/mol. The molecule has 0 aliphatic carbocycles. The number of carbonyl (C=O) groups excluding carboxylic acids is 1. The fourth-order valence-electron chi connectivity index (χ4n) is 6.45. The maximum atomic E-state index is 15.5. The van der Waals surface area contributed by atoms with Gasteiger partial charge >= 0.3 is 5.97 Å². The molecule has 1 atom stereocenters. The average molecular weight is 645 g/mol. The van der Waals surface area contributed by atoms with Crippen LogP contribution in [0.2, 0.25) is 0 Å². The van der Waals surface area contributed by atoms with Crippen LogP contribution in [0.3, 0.4) is 0 Å². The van der Waals surface area contributed by atoms with Crippen LogP contribution in [0, 0.1) is 13.8 Å². The Kier molecular flexibility index (Phi) is 9.59. The number of pyridine rings is 2. The van der Waals surface area contributed by atoms with E-state index in [-0.39, 0.29) is 0 Å². The summed E-state index contributed by atoms with van der Waals surface area (Å²) in [5.41, 5.74) is 7.84. The number of nitrogens with one attached hydrogen (secondary N) is 1. The predicted molar refractivity (Wildman–Crippen MR) is 187 cm³/mol. The van der Waals surface area contributed by atoms with Crippen molar-refractivity contribution in [2.45, 2.75) is 45.7 Å². The highest BCUT2D eigenvalue weighted by Crippen LogP contribution is 2.35. The maximum absolute atomic E-state index is 15.5. The number of piperidine rings is 1. The van der Waals surface area contributed by atoms with Gasteiger partial charge in [-0.3, -0.25) is 19.5 Å². The number of nitrogens with zero attached hydrogens (tertiary/aromatic N) is 3. The fourth-order valence-corrected chi connectivity index (χ4v) is 6.45. The van der Waals surface area contributed by atoms with Gasteiger partial charge in [-0.2, -0.15) is 0 Å². The molecule has 6 rings (SSSR count). The molecule has 1 aliphatic heterocycles. The molecule has 5 aromatic rings. The third-order valence-electron chi connectivity index (χ3n) is 9.11. The van der Waals surface area contributed by atoms with Crippen LogP contribution in [0.4, 0.5) is 15.9 Å². The molecule has 1 aliphatic rings. The fraction of sp³-hybridized carbons (Fsp3) is 0.231. The van der Waals surface area contributed by atoms with E-state index in [1.54, 1.807) is 24.5 Å². The molecule has 1 saturated heterocycles. The number of likely N-dealkylation sites (tertiary alicyclic amines) is 1. The van der Waals surface area contributed by atoms with E-state index in [1.165, 1.54) is 19.3 Å². The smallest absolute Gasteiger partial charge is 0.320 e. The number of aldehydes is 1. The van der Waals surface area contributed by atoms with Gasteiger partial charge in [0, 0.05) is 35.6 Å². The summed E-state index contributed by atoms with van der Waals surface area (Å²) in [7, 11) is 1.45. The van der Waals surface area contributed by atoms with Crippen LogP contribution in [-0.2, 0) is 11.3 Å². The van der Waals surface area contributed by atoms with Crippen molar-refractivity contribution < 1.29 is 23.8 Å². The summed E-state index contributed by atoms with van der Waals surface area (Å²) in [6.45, 7) is 5.30. The van der Waals surface area contributed by atoms with E-state index >= 15 is 4.39 Å². The van der Waals surface area contributed by atoms with Crippen LogP contribution in [0.1, 0.15) is 57.4 Å². The van der Waals surface area contributed by atoms with Crippen molar-refractivity contribution in [3.8, 4) is 16.9 Å². The standard InChI is InChI=1S/C39H37FN4O4/c1-24-27(19-33(40)28-13-14-30(23-45)36(20-28)48-3)8-6-9-31(24)32-10-7-11-34(25(32)2)43-38-37-29(15-16-41-38)18-26(21-42-37)22-44-17-5-4-12-35(44)39(46)47/h6-11,13-16,18-21,23,35H,4-5,12,17,22H2,1-3H3,(H,41,43)(H,46,47)/b33-19-/t35-/m0/s1. The third-order valence-corrected chi connectivity index (χ3v) is 9.11. The Morgan fingerprint density at radius 3 is 2.58 bits per heavy atom. The third kappa shape index (κ3) is 6.68. The zero-order valence-electron chi connectivity index (χ0n) is 27.2. The number of methoxy groups -OCH3 is 1. The maximum Gasteiger partial charge on any atom is 0.320 e. The van der Waals surface area contributed by atoms with Gasteiger partial charge in [0.15, 0.2) is 12.1 Å². The lowest BCUT2D eigenvalue weighted by molar-refractivity contribution is -0.144. The number of benzene rings is 3. The van der Waals surface area contributed by atoms with Crippen LogP contribution in [-0.4, -0.2) is 51.9 Å². The van der Waals surface area contributed by atoms with Crippen LogP contribution < -0.4 is 10.1 Å². The first-order valence-electron chi connectivity index (χ1n) is 15.9. The number of fused-ring (bicyclic) bond motifs is 1. The quantitative estimate of drug-likeness (QED) is 0.115. The van der Waals surface area contributed by atoms with Gasteiger partial charge in [-0.15, -0.1) is 0 Å². The number of hydrogen-bond donors (Lipinski definition) is 2. The first-order valence-corrected chi connectivity index (χ1v) is 15.9. The number of hydrogen-bond acceptors (Lipinski definition) is 7. The number of anilines is 2. The van der Waals surface area contributed by atoms with E-state index in [9.17, 15) is 14.7 Å². The minimum atomic E-state index is -0.773. The van der Waals surface area contributed by atoms with Crippen molar-refractivity contribution in [1.82, 2.24) is 14.9 Å². The second-order valence-electron chi connectivity index (χ2n) is 12.1. The Hall–Kier alpha value is -5.41. The topological polar surface area (TPSA) is 105 Å². The van der Waals surface area contributed by atoms with Crippen molar-refractivity contribution in [1.29, 1.82) is 0 Å². The molecule has 2 N–H and O–H groups in total.